The van der Waals surface area contributed by atoms with Crippen molar-refractivity contribution in [3.8, 4) is 0 Å². The van der Waals surface area contributed by atoms with Gasteiger partial charge in [0.05, 0.1) is 7.11 Å². The van der Waals surface area contributed by atoms with E-state index in [1.807, 2.05) is 37.3 Å². The van der Waals surface area contributed by atoms with E-state index < -0.39 is 5.54 Å². The van der Waals surface area contributed by atoms with Gasteiger partial charge in [-0.15, -0.1) is 0 Å². The molecule has 1 unspecified atom stereocenters. The average molecular weight is 290 g/mol. The van der Waals surface area contributed by atoms with Gasteiger partial charge in [0.15, 0.2) is 5.54 Å². The van der Waals surface area contributed by atoms with Crippen molar-refractivity contribution in [1.82, 2.24) is 10.2 Å². The van der Waals surface area contributed by atoms with Crippen LogP contribution in [0.25, 0.3) is 0 Å². The quantitative estimate of drug-likeness (QED) is 0.744. The monoisotopic (exact) mass is 290 g/mol. The SMILES string of the molecule is CCNC(CN(C)CC1CC1)(C(=O)OC)c1ccccc1. The molecule has 1 fully saturated rings. The maximum absolute atomic E-state index is 12.5. The van der Waals surface area contributed by atoms with Crippen LogP contribution in [0.3, 0.4) is 0 Å². The molecule has 21 heavy (non-hydrogen) atoms. The highest BCUT2D eigenvalue weighted by Gasteiger charge is 2.42. The highest BCUT2D eigenvalue weighted by atomic mass is 16.5. The molecule has 2 rings (SSSR count). The summed E-state index contributed by atoms with van der Waals surface area (Å²) in [5.74, 6) is 0.570. The first-order valence-electron chi connectivity index (χ1n) is 7.70. The van der Waals surface area contributed by atoms with Gasteiger partial charge in [-0.05, 0) is 37.9 Å². The molecule has 0 bridgehead atoms. The smallest absolute Gasteiger partial charge is 0.332 e. The maximum Gasteiger partial charge on any atom is 0.332 e. The number of rotatable bonds is 8. The molecule has 1 aliphatic rings. The van der Waals surface area contributed by atoms with Crippen molar-refractivity contribution in [1.29, 1.82) is 0 Å². The second-order valence-electron chi connectivity index (χ2n) is 5.93. The van der Waals surface area contributed by atoms with Crippen molar-refractivity contribution in [3.63, 3.8) is 0 Å². The number of carbonyl (C=O) groups is 1. The van der Waals surface area contributed by atoms with E-state index >= 15 is 0 Å². The minimum atomic E-state index is -0.797. The molecule has 0 saturated heterocycles. The van der Waals surface area contributed by atoms with Gasteiger partial charge < -0.3 is 9.64 Å². The number of likely N-dealkylation sites (N-methyl/N-ethyl adjacent to an activating group) is 2. The number of nitrogens with zero attached hydrogens (tertiary/aromatic N) is 1. The predicted molar refractivity (Wildman–Crippen MR) is 84.0 cm³/mol. The van der Waals surface area contributed by atoms with Crippen molar-refractivity contribution in [2.24, 2.45) is 5.92 Å². The Morgan fingerprint density at radius 2 is 2.05 bits per heavy atom. The molecule has 116 valence electrons. The van der Waals surface area contributed by atoms with Gasteiger partial charge in [-0.2, -0.15) is 0 Å². The topological polar surface area (TPSA) is 41.6 Å². The zero-order valence-corrected chi connectivity index (χ0v) is 13.3. The van der Waals surface area contributed by atoms with E-state index in [0.29, 0.717) is 13.1 Å². The lowest BCUT2D eigenvalue weighted by molar-refractivity contribution is -0.150. The molecular weight excluding hydrogens is 264 g/mol. The van der Waals surface area contributed by atoms with Crippen LogP contribution in [0.15, 0.2) is 30.3 Å². The number of nitrogens with one attached hydrogen (secondary N) is 1. The van der Waals surface area contributed by atoms with Crippen LogP contribution in [0, 0.1) is 5.92 Å². The van der Waals surface area contributed by atoms with Gasteiger partial charge >= 0.3 is 5.97 Å². The van der Waals surface area contributed by atoms with Gasteiger partial charge in [0.25, 0.3) is 0 Å². The summed E-state index contributed by atoms with van der Waals surface area (Å²) in [6.07, 6.45) is 2.62. The van der Waals surface area contributed by atoms with Crippen LogP contribution < -0.4 is 5.32 Å². The number of hydrogen-bond acceptors (Lipinski definition) is 4. The summed E-state index contributed by atoms with van der Waals surface area (Å²) in [4.78, 5) is 14.8. The van der Waals surface area contributed by atoms with Gasteiger partial charge in [-0.1, -0.05) is 37.3 Å². The lowest BCUT2D eigenvalue weighted by Gasteiger charge is -2.36. The molecule has 0 amide bonds. The molecule has 0 radical (unpaired) electrons. The van der Waals surface area contributed by atoms with Gasteiger partial charge in [0.2, 0.25) is 0 Å². The summed E-state index contributed by atoms with van der Waals surface area (Å²) >= 11 is 0. The summed E-state index contributed by atoms with van der Waals surface area (Å²) in [6.45, 7) is 4.38. The molecule has 1 saturated carbocycles. The third-order valence-corrected chi connectivity index (χ3v) is 4.05. The first-order valence-corrected chi connectivity index (χ1v) is 7.70. The molecular formula is C17H26N2O2. The van der Waals surface area contributed by atoms with E-state index in [1.165, 1.54) is 20.0 Å². The Hall–Kier alpha value is -1.39. The van der Waals surface area contributed by atoms with E-state index in [0.717, 1.165) is 18.0 Å². The average Bonchev–Trinajstić information content (AvgIpc) is 3.30. The lowest BCUT2D eigenvalue weighted by atomic mass is 9.89. The van der Waals surface area contributed by atoms with Crippen LogP contribution in [-0.4, -0.2) is 44.7 Å². The summed E-state index contributed by atoms with van der Waals surface area (Å²) in [7, 11) is 3.54. The molecule has 0 heterocycles. The van der Waals surface area contributed by atoms with Crippen LogP contribution in [0.2, 0.25) is 0 Å². The third-order valence-electron chi connectivity index (χ3n) is 4.05. The fraction of sp³-hybridized carbons (Fsp3) is 0.588. The Kier molecular flexibility index (Phi) is 5.37. The molecule has 0 spiro atoms. The summed E-state index contributed by atoms with van der Waals surface area (Å²) < 4.78 is 5.12. The number of methoxy groups -OCH3 is 1. The molecule has 0 aliphatic heterocycles. The molecule has 0 aromatic heterocycles. The second kappa shape index (κ2) is 7.05. The van der Waals surface area contributed by atoms with E-state index in [1.54, 1.807) is 0 Å². The van der Waals surface area contributed by atoms with E-state index in [-0.39, 0.29) is 5.97 Å². The zero-order chi connectivity index (χ0) is 15.3. The molecule has 1 aromatic rings. The molecule has 1 aliphatic carbocycles. The summed E-state index contributed by atoms with van der Waals surface area (Å²) in [5.41, 5.74) is 0.162. The van der Waals surface area contributed by atoms with Gasteiger partial charge in [0, 0.05) is 13.1 Å². The van der Waals surface area contributed by atoms with Crippen molar-refractivity contribution < 1.29 is 9.53 Å². The van der Waals surface area contributed by atoms with Crippen molar-refractivity contribution >= 4 is 5.97 Å². The van der Waals surface area contributed by atoms with Crippen LogP contribution in [-0.2, 0) is 15.1 Å². The highest BCUT2D eigenvalue weighted by molar-refractivity contribution is 5.83. The summed E-state index contributed by atoms with van der Waals surface area (Å²) in [6, 6.07) is 9.87. The van der Waals surface area contributed by atoms with Crippen molar-refractivity contribution in [2.45, 2.75) is 25.3 Å². The fourth-order valence-corrected chi connectivity index (χ4v) is 2.91. The van der Waals surface area contributed by atoms with Crippen LogP contribution >= 0.6 is 0 Å². The number of benzene rings is 1. The molecule has 1 atom stereocenters. The number of hydrogen-bond donors (Lipinski definition) is 1. The van der Waals surface area contributed by atoms with Crippen molar-refractivity contribution in [2.75, 3.05) is 33.8 Å². The fourth-order valence-electron chi connectivity index (χ4n) is 2.91. The van der Waals surface area contributed by atoms with E-state index in [2.05, 4.69) is 17.3 Å². The molecule has 4 nitrogen and oxygen atoms in total. The summed E-state index contributed by atoms with van der Waals surface area (Å²) in [5, 5.41) is 3.37. The van der Waals surface area contributed by atoms with Gasteiger partial charge in [-0.3, -0.25) is 5.32 Å². The molecule has 1 N–H and O–H groups in total. The van der Waals surface area contributed by atoms with Crippen molar-refractivity contribution in [3.05, 3.63) is 35.9 Å². The predicted octanol–water partition coefficient (Wildman–Crippen LogP) is 2.01. The maximum atomic E-state index is 12.5. The van der Waals surface area contributed by atoms with Crippen LogP contribution in [0.5, 0.6) is 0 Å². The Bertz CT molecular complexity index is 459. The van der Waals surface area contributed by atoms with E-state index in [4.69, 9.17) is 4.74 Å². The lowest BCUT2D eigenvalue weighted by Crippen LogP contribution is -2.56. The zero-order valence-electron chi connectivity index (χ0n) is 13.3. The largest absolute Gasteiger partial charge is 0.467 e. The van der Waals surface area contributed by atoms with E-state index in [9.17, 15) is 4.79 Å². The minimum absolute atomic E-state index is 0.224. The van der Waals surface area contributed by atoms with Crippen LogP contribution in [0.1, 0.15) is 25.3 Å². The Labute approximate surface area is 127 Å². The second-order valence-corrected chi connectivity index (χ2v) is 5.93. The Balaban J connectivity index is 2.27. The number of esters is 1. The molecule has 1 aromatic carbocycles. The van der Waals surface area contributed by atoms with Crippen LogP contribution in [0.4, 0.5) is 0 Å². The Morgan fingerprint density at radius 3 is 2.57 bits per heavy atom. The van der Waals surface area contributed by atoms with Gasteiger partial charge in [-0.25, -0.2) is 4.79 Å². The first-order chi connectivity index (χ1) is 10.1. The first kappa shape index (κ1) is 16.0. The number of ether oxygens (including phenoxy) is 1. The highest BCUT2D eigenvalue weighted by Crippen LogP contribution is 2.31. The molecule has 4 heteroatoms. The normalized spacial score (nSPS) is 17.5. The minimum Gasteiger partial charge on any atom is -0.467 e. The number of carbonyl (C=O) groups excluding carboxylic acids is 1. The Morgan fingerprint density at radius 1 is 1.38 bits per heavy atom. The van der Waals surface area contributed by atoms with Gasteiger partial charge in [0.1, 0.15) is 0 Å². The standard InChI is InChI=1S/C17H26N2O2/c1-4-18-17(16(20)21-3,15-8-6-5-7-9-15)13-19(2)12-14-10-11-14/h5-9,14,18H,4,10-13H2,1-3H3. The third kappa shape index (κ3) is 3.83.